The van der Waals surface area contributed by atoms with E-state index in [9.17, 15) is 0 Å². The lowest BCUT2D eigenvalue weighted by Crippen LogP contribution is -1.85. The van der Waals surface area contributed by atoms with E-state index >= 15 is 0 Å². The molecular formula is C14H13BrO. The zero-order chi connectivity index (χ0) is 11.5. The van der Waals surface area contributed by atoms with Gasteiger partial charge in [0.1, 0.15) is 5.75 Å². The molecule has 0 aliphatic carbocycles. The minimum Gasteiger partial charge on any atom is -0.497 e. The van der Waals surface area contributed by atoms with Crippen LogP contribution in [0.1, 0.15) is 5.56 Å². The predicted octanol–water partition coefficient (Wildman–Crippen LogP) is 4.26. The van der Waals surface area contributed by atoms with E-state index in [2.05, 4.69) is 46.8 Å². The highest BCUT2D eigenvalue weighted by molar-refractivity contribution is 9.09. The highest BCUT2D eigenvalue weighted by atomic mass is 79.9. The maximum atomic E-state index is 5.20. The topological polar surface area (TPSA) is 9.23 Å². The van der Waals surface area contributed by atoms with Crippen molar-refractivity contribution in [2.24, 2.45) is 0 Å². The summed E-state index contributed by atoms with van der Waals surface area (Å²) in [6.45, 7) is 4.01. The van der Waals surface area contributed by atoms with Crippen LogP contribution >= 0.6 is 15.9 Å². The third kappa shape index (κ3) is 2.12. The van der Waals surface area contributed by atoms with Gasteiger partial charge in [-0.1, -0.05) is 40.7 Å². The molecular weight excluding hydrogens is 264 g/mol. The Balaban J connectivity index is 2.51. The molecule has 2 aromatic rings. The van der Waals surface area contributed by atoms with Crippen LogP contribution in [0.2, 0.25) is 0 Å². The van der Waals surface area contributed by atoms with Gasteiger partial charge in [-0.2, -0.15) is 0 Å². The summed E-state index contributed by atoms with van der Waals surface area (Å²) in [5, 5.41) is 3.19. The first-order chi connectivity index (χ1) is 7.74. The van der Waals surface area contributed by atoms with Crippen LogP contribution in [0.15, 0.2) is 43.0 Å². The molecule has 0 atom stereocenters. The van der Waals surface area contributed by atoms with Gasteiger partial charge >= 0.3 is 0 Å². The van der Waals surface area contributed by atoms with Gasteiger partial charge in [-0.05, 0) is 40.1 Å². The number of hydrogen-bond acceptors (Lipinski definition) is 1. The third-order valence-electron chi connectivity index (χ3n) is 2.62. The highest BCUT2D eigenvalue weighted by Gasteiger charge is 2.00. The molecule has 0 heterocycles. The summed E-state index contributed by atoms with van der Waals surface area (Å²) in [6, 6.07) is 12.4. The van der Waals surface area contributed by atoms with E-state index < -0.39 is 0 Å². The Kier molecular flexibility index (Phi) is 3.30. The van der Waals surface area contributed by atoms with Crippen LogP contribution in [-0.2, 0) is 0 Å². The van der Waals surface area contributed by atoms with E-state index in [1.165, 1.54) is 16.3 Å². The lowest BCUT2D eigenvalue weighted by molar-refractivity contribution is 0.415. The number of rotatable bonds is 3. The number of methoxy groups -OCH3 is 1. The zero-order valence-electron chi connectivity index (χ0n) is 9.16. The molecule has 0 aliphatic heterocycles. The standard InChI is InChI=1S/C14H13BrO/c1-10(9-15)11-3-4-13-8-14(16-2)6-5-12(13)7-11/h3-8H,1,9H2,2H3. The molecule has 2 rings (SSSR count). The fraction of sp³-hybridized carbons (Fsp3) is 0.143. The van der Waals surface area contributed by atoms with E-state index in [0.29, 0.717) is 0 Å². The SMILES string of the molecule is C=C(CBr)c1ccc2cc(OC)ccc2c1. The van der Waals surface area contributed by atoms with E-state index in [0.717, 1.165) is 16.7 Å². The van der Waals surface area contributed by atoms with Gasteiger partial charge in [0.25, 0.3) is 0 Å². The molecule has 0 saturated heterocycles. The van der Waals surface area contributed by atoms with Gasteiger partial charge in [0.15, 0.2) is 0 Å². The fourth-order valence-corrected chi connectivity index (χ4v) is 1.97. The summed E-state index contributed by atoms with van der Waals surface area (Å²) in [7, 11) is 1.68. The molecule has 0 saturated carbocycles. The Morgan fingerprint density at radius 2 is 1.88 bits per heavy atom. The molecule has 16 heavy (non-hydrogen) atoms. The van der Waals surface area contributed by atoms with E-state index in [-0.39, 0.29) is 0 Å². The first-order valence-corrected chi connectivity index (χ1v) is 6.18. The number of allylic oxidation sites excluding steroid dienone is 1. The Bertz CT molecular complexity index is 531. The number of halogens is 1. The zero-order valence-corrected chi connectivity index (χ0v) is 10.8. The van der Waals surface area contributed by atoms with Gasteiger partial charge in [-0.15, -0.1) is 0 Å². The molecule has 0 amide bonds. The Morgan fingerprint density at radius 1 is 1.19 bits per heavy atom. The van der Waals surface area contributed by atoms with Gasteiger partial charge in [-0.25, -0.2) is 0 Å². The molecule has 82 valence electrons. The molecule has 0 fully saturated rings. The molecule has 2 heteroatoms. The molecule has 0 aliphatic rings. The molecule has 2 aromatic carbocycles. The average molecular weight is 277 g/mol. The maximum Gasteiger partial charge on any atom is 0.119 e. The van der Waals surface area contributed by atoms with Crippen molar-refractivity contribution >= 4 is 32.3 Å². The van der Waals surface area contributed by atoms with Gasteiger partial charge < -0.3 is 4.74 Å². The van der Waals surface area contributed by atoms with Crippen molar-refractivity contribution in [3.63, 3.8) is 0 Å². The largest absolute Gasteiger partial charge is 0.497 e. The summed E-state index contributed by atoms with van der Waals surface area (Å²) < 4.78 is 5.20. The highest BCUT2D eigenvalue weighted by Crippen LogP contribution is 2.24. The molecule has 0 unspecified atom stereocenters. The van der Waals surface area contributed by atoms with Crippen molar-refractivity contribution in [1.82, 2.24) is 0 Å². The minimum absolute atomic E-state index is 0.800. The van der Waals surface area contributed by atoms with Gasteiger partial charge in [0.05, 0.1) is 7.11 Å². The Hall–Kier alpha value is -1.28. The summed E-state index contributed by atoms with van der Waals surface area (Å²) in [6.07, 6.45) is 0. The number of fused-ring (bicyclic) bond motifs is 1. The molecule has 0 spiro atoms. The lowest BCUT2D eigenvalue weighted by Gasteiger charge is -2.06. The van der Waals surface area contributed by atoms with Gasteiger partial charge in [-0.3, -0.25) is 0 Å². The van der Waals surface area contributed by atoms with Gasteiger partial charge in [0.2, 0.25) is 0 Å². The molecule has 0 radical (unpaired) electrons. The average Bonchev–Trinajstić information content (AvgIpc) is 2.36. The number of hydrogen-bond donors (Lipinski definition) is 0. The van der Waals surface area contributed by atoms with Crippen molar-refractivity contribution in [2.45, 2.75) is 0 Å². The fourth-order valence-electron chi connectivity index (χ4n) is 1.65. The molecule has 0 N–H and O–H groups in total. The van der Waals surface area contributed by atoms with Crippen LogP contribution < -0.4 is 4.74 Å². The number of alkyl halides is 1. The smallest absolute Gasteiger partial charge is 0.119 e. The monoisotopic (exact) mass is 276 g/mol. The minimum atomic E-state index is 0.800. The van der Waals surface area contributed by atoms with Crippen molar-refractivity contribution in [3.05, 3.63) is 48.5 Å². The lowest BCUT2D eigenvalue weighted by atomic mass is 10.0. The summed E-state index contributed by atoms with van der Waals surface area (Å²) in [5.41, 5.74) is 2.27. The maximum absolute atomic E-state index is 5.20. The second-order valence-corrected chi connectivity index (χ2v) is 4.23. The normalized spacial score (nSPS) is 10.4. The Morgan fingerprint density at radius 3 is 2.56 bits per heavy atom. The van der Waals surface area contributed by atoms with Crippen LogP contribution in [0.5, 0.6) is 5.75 Å². The van der Waals surface area contributed by atoms with Crippen LogP contribution in [-0.4, -0.2) is 12.4 Å². The number of benzene rings is 2. The van der Waals surface area contributed by atoms with Crippen LogP contribution in [0, 0.1) is 0 Å². The third-order valence-corrected chi connectivity index (χ3v) is 3.29. The quantitative estimate of drug-likeness (QED) is 0.762. The predicted molar refractivity (Wildman–Crippen MR) is 73.3 cm³/mol. The number of ether oxygens (including phenoxy) is 1. The van der Waals surface area contributed by atoms with E-state index in [1.807, 2.05) is 12.1 Å². The van der Waals surface area contributed by atoms with Gasteiger partial charge in [0, 0.05) is 5.33 Å². The summed E-state index contributed by atoms with van der Waals surface area (Å²) >= 11 is 3.42. The van der Waals surface area contributed by atoms with Crippen molar-refractivity contribution < 1.29 is 4.74 Å². The van der Waals surface area contributed by atoms with Crippen LogP contribution in [0.25, 0.3) is 16.3 Å². The first-order valence-electron chi connectivity index (χ1n) is 5.06. The van der Waals surface area contributed by atoms with Crippen molar-refractivity contribution in [2.75, 3.05) is 12.4 Å². The summed E-state index contributed by atoms with van der Waals surface area (Å²) in [5.74, 6) is 0.888. The molecule has 0 bridgehead atoms. The summed E-state index contributed by atoms with van der Waals surface area (Å²) in [4.78, 5) is 0. The van der Waals surface area contributed by atoms with Crippen LogP contribution in [0.3, 0.4) is 0 Å². The molecule has 1 nitrogen and oxygen atoms in total. The van der Waals surface area contributed by atoms with Crippen LogP contribution in [0.4, 0.5) is 0 Å². The molecule has 0 aromatic heterocycles. The van der Waals surface area contributed by atoms with Crippen molar-refractivity contribution in [3.8, 4) is 5.75 Å². The second kappa shape index (κ2) is 4.71. The van der Waals surface area contributed by atoms with E-state index in [4.69, 9.17) is 4.74 Å². The second-order valence-electron chi connectivity index (χ2n) is 3.67. The Labute approximate surface area is 104 Å². The first kappa shape index (κ1) is 11.2. The van der Waals surface area contributed by atoms with Crippen molar-refractivity contribution in [1.29, 1.82) is 0 Å². The van der Waals surface area contributed by atoms with E-state index in [1.54, 1.807) is 7.11 Å².